The van der Waals surface area contributed by atoms with Crippen LogP contribution in [0.3, 0.4) is 0 Å². The van der Waals surface area contributed by atoms with E-state index >= 15 is 0 Å². The van der Waals surface area contributed by atoms with Crippen LogP contribution in [0.15, 0.2) is 17.4 Å². The second-order valence-corrected chi connectivity index (χ2v) is 11.9. The van der Waals surface area contributed by atoms with Crippen molar-refractivity contribution in [2.24, 2.45) is 5.41 Å². The molecule has 3 rings (SSSR count). The molecule has 0 saturated heterocycles. The fourth-order valence-electron chi connectivity index (χ4n) is 4.85. The quantitative estimate of drug-likeness (QED) is 0.262. The van der Waals surface area contributed by atoms with Gasteiger partial charge in [0.2, 0.25) is 0 Å². The van der Waals surface area contributed by atoms with Gasteiger partial charge in [0, 0.05) is 25.1 Å². The Morgan fingerprint density at radius 3 is 1.87 bits per heavy atom. The van der Waals surface area contributed by atoms with E-state index in [0.717, 1.165) is 17.0 Å². The van der Waals surface area contributed by atoms with E-state index in [9.17, 15) is 0 Å². The van der Waals surface area contributed by atoms with Gasteiger partial charge in [-0.3, -0.25) is 0 Å². The molecule has 0 N–H and O–H groups in total. The first-order chi connectivity index (χ1) is 10.5. The molecular weight excluding hydrogens is 384 g/mol. The Hall–Kier alpha value is 0.573. The first kappa shape index (κ1) is 19.9. The van der Waals surface area contributed by atoms with Gasteiger partial charge in [0.25, 0.3) is 0 Å². The van der Waals surface area contributed by atoms with Crippen molar-refractivity contribution in [2.45, 2.75) is 108 Å². The second kappa shape index (κ2) is 8.79. The molecule has 0 aromatic heterocycles. The first-order valence-corrected chi connectivity index (χ1v) is 11.3. The van der Waals surface area contributed by atoms with Gasteiger partial charge in [0.15, 0.2) is 0 Å². The van der Waals surface area contributed by atoms with E-state index in [-0.39, 0.29) is 32.8 Å². The molecule has 3 aliphatic carbocycles. The molecule has 0 aromatic rings. The molecule has 0 aromatic carbocycles. The predicted molar refractivity (Wildman–Crippen MR) is 100 cm³/mol. The minimum atomic E-state index is 0. The SMILES string of the molecule is CC(C)(C)C=C=C1CCCC1P(C1CCCC1)C1CCCC1.[Ru]. The molecule has 0 aliphatic heterocycles. The molecular formula is C21H35PRu. The third-order valence-corrected chi connectivity index (χ3v) is 9.88. The Balaban J connectivity index is 0.00000192. The average Bonchev–Trinajstić information content (AvgIpc) is 3.20. The van der Waals surface area contributed by atoms with Crippen molar-refractivity contribution in [3.8, 4) is 0 Å². The summed E-state index contributed by atoms with van der Waals surface area (Å²) in [5.41, 5.74) is 8.96. The molecule has 0 spiro atoms. The van der Waals surface area contributed by atoms with Crippen molar-refractivity contribution in [3.05, 3.63) is 17.4 Å². The Labute approximate surface area is 158 Å². The summed E-state index contributed by atoms with van der Waals surface area (Å²) in [5, 5.41) is 0. The zero-order valence-corrected chi connectivity index (χ0v) is 18.0. The summed E-state index contributed by atoms with van der Waals surface area (Å²) in [6.07, 6.45) is 18.9. The fourth-order valence-corrected chi connectivity index (χ4v) is 9.43. The topological polar surface area (TPSA) is 0 Å². The van der Waals surface area contributed by atoms with Crippen LogP contribution in [-0.2, 0) is 19.5 Å². The van der Waals surface area contributed by atoms with Crippen LogP contribution in [0.2, 0.25) is 0 Å². The molecule has 0 bridgehead atoms. The maximum absolute atomic E-state index is 3.81. The summed E-state index contributed by atoms with van der Waals surface area (Å²) >= 11 is 0. The summed E-state index contributed by atoms with van der Waals surface area (Å²) < 4.78 is 0. The third kappa shape index (κ3) is 5.27. The zero-order chi connectivity index (χ0) is 15.6. The monoisotopic (exact) mass is 420 g/mol. The van der Waals surface area contributed by atoms with E-state index in [2.05, 4.69) is 32.6 Å². The summed E-state index contributed by atoms with van der Waals surface area (Å²) in [6, 6.07) is 0. The molecule has 3 aliphatic rings. The first-order valence-electron chi connectivity index (χ1n) is 9.79. The molecule has 3 fully saturated rings. The standard InChI is InChI=1S/C21H35P.Ru/c1-21(2,3)16-15-17-9-8-14-20(17)22(18-10-4-5-11-18)19-12-6-7-13-19;/h16,18-20H,4-14H2,1-3H3;. The molecule has 0 heterocycles. The van der Waals surface area contributed by atoms with E-state index < -0.39 is 0 Å². The van der Waals surface area contributed by atoms with Crippen molar-refractivity contribution in [1.82, 2.24) is 0 Å². The van der Waals surface area contributed by atoms with Crippen LogP contribution in [0.25, 0.3) is 0 Å². The normalized spacial score (nSPS) is 26.6. The van der Waals surface area contributed by atoms with Crippen molar-refractivity contribution >= 4 is 7.92 Å². The number of hydrogen-bond acceptors (Lipinski definition) is 0. The predicted octanol–water partition coefficient (Wildman–Crippen LogP) is 7.03. The Morgan fingerprint density at radius 2 is 1.39 bits per heavy atom. The number of hydrogen-bond donors (Lipinski definition) is 0. The molecule has 23 heavy (non-hydrogen) atoms. The molecule has 1 atom stereocenters. The van der Waals surface area contributed by atoms with Gasteiger partial charge < -0.3 is 0 Å². The zero-order valence-electron chi connectivity index (χ0n) is 15.4. The van der Waals surface area contributed by atoms with Crippen molar-refractivity contribution in [3.63, 3.8) is 0 Å². The van der Waals surface area contributed by atoms with Gasteiger partial charge in [-0.1, -0.05) is 54.4 Å². The van der Waals surface area contributed by atoms with Crippen LogP contribution in [0.1, 0.15) is 91.4 Å². The van der Waals surface area contributed by atoms with E-state index in [0.29, 0.717) is 0 Å². The summed E-state index contributed by atoms with van der Waals surface area (Å²) in [7, 11) is 0.230. The average molecular weight is 420 g/mol. The van der Waals surface area contributed by atoms with E-state index in [1.54, 1.807) is 31.3 Å². The van der Waals surface area contributed by atoms with Gasteiger partial charge in [0.05, 0.1) is 0 Å². The van der Waals surface area contributed by atoms with Gasteiger partial charge >= 0.3 is 0 Å². The van der Waals surface area contributed by atoms with Gasteiger partial charge in [-0.15, -0.1) is 5.73 Å². The van der Waals surface area contributed by atoms with Gasteiger partial charge in [-0.05, 0) is 73.3 Å². The third-order valence-electron chi connectivity index (χ3n) is 5.87. The van der Waals surface area contributed by atoms with Crippen LogP contribution < -0.4 is 0 Å². The molecule has 3 saturated carbocycles. The van der Waals surface area contributed by atoms with Crippen molar-refractivity contribution in [2.75, 3.05) is 0 Å². The van der Waals surface area contributed by atoms with E-state index in [1.807, 2.05) is 0 Å². The summed E-state index contributed by atoms with van der Waals surface area (Å²) in [4.78, 5) is 0. The second-order valence-electron chi connectivity index (χ2n) is 8.91. The molecule has 1 unspecified atom stereocenters. The van der Waals surface area contributed by atoms with Crippen LogP contribution in [0, 0.1) is 5.41 Å². The maximum Gasteiger partial charge on any atom is 0.00815 e. The summed E-state index contributed by atoms with van der Waals surface area (Å²) in [6.45, 7) is 6.92. The molecule has 0 nitrogen and oxygen atoms in total. The smallest absolute Gasteiger partial charge is 0.00815 e. The number of rotatable bonds is 3. The minimum absolute atomic E-state index is 0. The van der Waals surface area contributed by atoms with Crippen LogP contribution >= 0.6 is 7.92 Å². The molecule has 132 valence electrons. The fraction of sp³-hybridized carbons (Fsp3) is 0.857. The van der Waals surface area contributed by atoms with Crippen molar-refractivity contribution in [1.29, 1.82) is 0 Å². The largest absolute Gasteiger partial charge is 0.125 e. The Bertz CT molecular complexity index is 413. The van der Waals surface area contributed by atoms with Crippen LogP contribution in [-0.4, -0.2) is 17.0 Å². The molecule has 0 amide bonds. The van der Waals surface area contributed by atoms with Crippen LogP contribution in [0.5, 0.6) is 0 Å². The van der Waals surface area contributed by atoms with Gasteiger partial charge in [-0.2, -0.15) is 0 Å². The summed E-state index contributed by atoms with van der Waals surface area (Å²) in [5.74, 6) is 0. The Kier molecular flexibility index (Phi) is 7.60. The number of allylic oxidation sites excluding steroid dienone is 1. The van der Waals surface area contributed by atoms with E-state index in [4.69, 9.17) is 0 Å². The maximum atomic E-state index is 3.81. The minimum Gasteiger partial charge on any atom is -0.125 e. The Morgan fingerprint density at radius 1 is 0.870 bits per heavy atom. The van der Waals surface area contributed by atoms with Crippen LogP contribution in [0.4, 0.5) is 0 Å². The molecule has 2 heteroatoms. The van der Waals surface area contributed by atoms with Gasteiger partial charge in [0.1, 0.15) is 0 Å². The van der Waals surface area contributed by atoms with Gasteiger partial charge in [-0.25, -0.2) is 0 Å². The van der Waals surface area contributed by atoms with Crippen molar-refractivity contribution < 1.29 is 19.5 Å². The van der Waals surface area contributed by atoms with E-state index in [1.165, 1.54) is 44.9 Å². The molecule has 0 radical (unpaired) electrons.